The number of esters is 3. The highest BCUT2D eigenvalue weighted by Gasteiger charge is 2.12. The number of hydrogen-bond acceptors (Lipinski definition) is 7. The molecule has 0 bridgehead atoms. The minimum Gasteiger partial charge on any atom is -0.508 e. The first kappa shape index (κ1) is 19.2. The Kier molecular flexibility index (Phi) is 8.04. The van der Waals surface area contributed by atoms with E-state index in [1.807, 2.05) is 0 Å². The third-order valence-electron chi connectivity index (χ3n) is 2.87. The van der Waals surface area contributed by atoms with E-state index in [9.17, 15) is 14.4 Å². The summed E-state index contributed by atoms with van der Waals surface area (Å²) in [6, 6.07) is 5.66. The van der Waals surface area contributed by atoms with Crippen LogP contribution in [0.1, 0.15) is 26.2 Å². The summed E-state index contributed by atoms with van der Waals surface area (Å²) < 4.78 is 14.9. The maximum atomic E-state index is 11.6. The van der Waals surface area contributed by atoms with E-state index >= 15 is 0 Å². The van der Waals surface area contributed by atoms with Crippen LogP contribution in [0.2, 0.25) is 0 Å². The van der Waals surface area contributed by atoms with Crippen molar-refractivity contribution < 1.29 is 33.7 Å². The highest BCUT2D eigenvalue weighted by Crippen LogP contribution is 2.16. The van der Waals surface area contributed by atoms with Crippen LogP contribution in [-0.4, -0.2) is 35.7 Å². The van der Waals surface area contributed by atoms with Crippen LogP contribution in [-0.2, 0) is 23.9 Å². The zero-order valence-corrected chi connectivity index (χ0v) is 13.4. The average molecular weight is 336 g/mol. The van der Waals surface area contributed by atoms with Gasteiger partial charge in [0, 0.05) is 12.5 Å². The molecule has 1 unspecified atom stereocenters. The fraction of sp³-hybridized carbons (Fsp3) is 0.353. The van der Waals surface area contributed by atoms with Crippen LogP contribution in [0.25, 0.3) is 0 Å². The fourth-order valence-electron chi connectivity index (χ4n) is 1.62. The monoisotopic (exact) mass is 336 g/mol. The first-order valence-corrected chi connectivity index (χ1v) is 7.39. The second-order valence-electron chi connectivity index (χ2n) is 4.93. The highest BCUT2D eigenvalue weighted by atomic mass is 16.6. The molecule has 0 heterocycles. The molecule has 7 heteroatoms. The Balaban J connectivity index is 2.18. The van der Waals surface area contributed by atoms with Crippen molar-refractivity contribution in [3.8, 4) is 11.5 Å². The molecule has 1 aromatic carbocycles. The standard InChI is InChI=1S/C17H20O7/c1-3-15(19)23-12(2)10-11-22-16(20)8-9-17(21)24-14-6-4-13(18)5-7-14/h3-7,12,18H,1,8-11H2,2H3. The van der Waals surface area contributed by atoms with E-state index < -0.39 is 24.0 Å². The third-order valence-corrected chi connectivity index (χ3v) is 2.87. The Morgan fingerprint density at radius 1 is 1.17 bits per heavy atom. The van der Waals surface area contributed by atoms with Crippen molar-refractivity contribution in [2.75, 3.05) is 6.61 Å². The van der Waals surface area contributed by atoms with Gasteiger partial charge in [-0.2, -0.15) is 0 Å². The number of rotatable bonds is 9. The van der Waals surface area contributed by atoms with Crippen molar-refractivity contribution in [3.63, 3.8) is 0 Å². The van der Waals surface area contributed by atoms with Gasteiger partial charge in [-0.05, 0) is 31.2 Å². The second kappa shape index (κ2) is 10.0. The lowest BCUT2D eigenvalue weighted by Crippen LogP contribution is -2.17. The van der Waals surface area contributed by atoms with Crippen LogP contribution in [0, 0.1) is 0 Å². The molecule has 0 radical (unpaired) electrons. The van der Waals surface area contributed by atoms with E-state index in [2.05, 4.69) is 6.58 Å². The van der Waals surface area contributed by atoms with E-state index in [0.717, 1.165) is 6.08 Å². The molecule has 130 valence electrons. The minimum absolute atomic E-state index is 0.0615. The van der Waals surface area contributed by atoms with Crippen molar-refractivity contribution in [1.82, 2.24) is 0 Å². The van der Waals surface area contributed by atoms with Crippen LogP contribution in [0.4, 0.5) is 0 Å². The Bertz CT molecular complexity index is 577. The molecule has 0 aliphatic carbocycles. The number of benzene rings is 1. The SMILES string of the molecule is C=CC(=O)OC(C)CCOC(=O)CCC(=O)Oc1ccc(O)cc1. The van der Waals surface area contributed by atoms with Gasteiger partial charge in [0.1, 0.15) is 17.6 Å². The summed E-state index contributed by atoms with van der Waals surface area (Å²) in [6.45, 7) is 5.03. The van der Waals surface area contributed by atoms with Crippen molar-refractivity contribution in [1.29, 1.82) is 0 Å². The van der Waals surface area contributed by atoms with Gasteiger partial charge in [-0.1, -0.05) is 6.58 Å². The maximum absolute atomic E-state index is 11.6. The summed E-state index contributed by atoms with van der Waals surface area (Å²) in [4.78, 5) is 34.0. The maximum Gasteiger partial charge on any atom is 0.330 e. The van der Waals surface area contributed by atoms with E-state index in [-0.39, 0.29) is 30.9 Å². The number of hydrogen-bond donors (Lipinski definition) is 1. The van der Waals surface area contributed by atoms with Gasteiger partial charge in [0.25, 0.3) is 0 Å². The molecule has 0 saturated heterocycles. The van der Waals surface area contributed by atoms with Crippen LogP contribution < -0.4 is 4.74 Å². The van der Waals surface area contributed by atoms with Gasteiger partial charge in [0.05, 0.1) is 19.4 Å². The molecule has 7 nitrogen and oxygen atoms in total. The summed E-state index contributed by atoms with van der Waals surface area (Å²) in [5, 5.41) is 9.12. The van der Waals surface area contributed by atoms with Gasteiger partial charge in [-0.25, -0.2) is 4.79 Å². The lowest BCUT2D eigenvalue weighted by molar-refractivity contribution is -0.149. The molecule has 24 heavy (non-hydrogen) atoms. The predicted octanol–water partition coefficient (Wildman–Crippen LogP) is 2.13. The number of phenolic OH excluding ortho intramolecular Hbond substituents is 1. The number of aromatic hydroxyl groups is 1. The lowest BCUT2D eigenvalue weighted by atomic mass is 10.3. The molecule has 0 aromatic heterocycles. The summed E-state index contributed by atoms with van der Waals surface area (Å²) >= 11 is 0. The smallest absolute Gasteiger partial charge is 0.330 e. The van der Waals surface area contributed by atoms with E-state index in [4.69, 9.17) is 19.3 Å². The van der Waals surface area contributed by atoms with E-state index in [1.54, 1.807) is 6.92 Å². The zero-order valence-electron chi connectivity index (χ0n) is 13.4. The molecule has 0 aliphatic rings. The number of phenols is 1. The number of ether oxygens (including phenoxy) is 3. The van der Waals surface area contributed by atoms with Crippen molar-refractivity contribution in [2.24, 2.45) is 0 Å². The molecule has 0 aliphatic heterocycles. The number of carbonyl (C=O) groups excluding carboxylic acids is 3. The van der Waals surface area contributed by atoms with Crippen LogP contribution in [0.3, 0.4) is 0 Å². The first-order chi connectivity index (χ1) is 11.4. The normalized spacial score (nSPS) is 11.2. The second-order valence-corrected chi connectivity index (χ2v) is 4.93. The number of carbonyl (C=O) groups is 3. The molecular weight excluding hydrogens is 316 g/mol. The quantitative estimate of drug-likeness (QED) is 0.419. The first-order valence-electron chi connectivity index (χ1n) is 7.39. The molecule has 0 spiro atoms. The Labute approximate surface area is 139 Å². The topological polar surface area (TPSA) is 99.1 Å². The Morgan fingerprint density at radius 3 is 2.42 bits per heavy atom. The summed E-state index contributed by atoms with van der Waals surface area (Å²) in [6.07, 6.45) is 0.770. The highest BCUT2D eigenvalue weighted by molar-refractivity contribution is 5.81. The van der Waals surface area contributed by atoms with Crippen LogP contribution in [0.15, 0.2) is 36.9 Å². The minimum atomic E-state index is -0.578. The van der Waals surface area contributed by atoms with Gasteiger partial charge >= 0.3 is 17.9 Å². The van der Waals surface area contributed by atoms with Gasteiger partial charge in [0.15, 0.2) is 0 Å². The predicted molar refractivity (Wildman–Crippen MR) is 84.3 cm³/mol. The Morgan fingerprint density at radius 2 is 1.79 bits per heavy atom. The zero-order chi connectivity index (χ0) is 17.9. The Hall–Kier alpha value is -2.83. The lowest BCUT2D eigenvalue weighted by Gasteiger charge is -2.11. The molecule has 1 aromatic rings. The summed E-state index contributed by atoms with van der Waals surface area (Å²) in [5.41, 5.74) is 0. The van der Waals surface area contributed by atoms with Crippen LogP contribution >= 0.6 is 0 Å². The van der Waals surface area contributed by atoms with Crippen molar-refractivity contribution in [3.05, 3.63) is 36.9 Å². The average Bonchev–Trinajstić information content (AvgIpc) is 2.55. The molecule has 1 rings (SSSR count). The third kappa shape index (κ3) is 7.98. The van der Waals surface area contributed by atoms with Crippen molar-refractivity contribution >= 4 is 17.9 Å². The molecule has 0 amide bonds. The molecular formula is C17H20O7. The van der Waals surface area contributed by atoms with Gasteiger partial charge in [-0.3, -0.25) is 9.59 Å². The molecule has 1 atom stereocenters. The fourth-order valence-corrected chi connectivity index (χ4v) is 1.62. The largest absolute Gasteiger partial charge is 0.508 e. The molecule has 0 fully saturated rings. The van der Waals surface area contributed by atoms with Crippen LogP contribution in [0.5, 0.6) is 11.5 Å². The summed E-state index contributed by atoms with van der Waals surface area (Å²) in [7, 11) is 0. The van der Waals surface area contributed by atoms with E-state index in [0.29, 0.717) is 6.42 Å². The molecule has 1 N–H and O–H groups in total. The van der Waals surface area contributed by atoms with Gasteiger partial charge in [0.2, 0.25) is 0 Å². The van der Waals surface area contributed by atoms with Crippen molar-refractivity contribution in [2.45, 2.75) is 32.3 Å². The van der Waals surface area contributed by atoms with Gasteiger partial charge < -0.3 is 19.3 Å². The molecule has 0 saturated carbocycles. The van der Waals surface area contributed by atoms with E-state index in [1.165, 1.54) is 24.3 Å². The van der Waals surface area contributed by atoms with Gasteiger partial charge in [-0.15, -0.1) is 0 Å². The summed E-state index contributed by atoms with van der Waals surface area (Å²) in [5.74, 6) is -1.31.